The summed E-state index contributed by atoms with van der Waals surface area (Å²) < 4.78 is 1.21. The molecule has 8 heteroatoms. The van der Waals surface area contributed by atoms with Gasteiger partial charge < -0.3 is 25.4 Å². The lowest BCUT2D eigenvalue weighted by atomic mass is 9.86. The number of carbonyl (C=O) groups excluding carboxylic acids is 1. The highest BCUT2D eigenvalue weighted by Crippen LogP contribution is 2.35. The smallest absolute Gasteiger partial charge is 0.319 e. The summed E-state index contributed by atoms with van der Waals surface area (Å²) >= 11 is 0. The summed E-state index contributed by atoms with van der Waals surface area (Å²) in [5.41, 5.74) is 4.45. The molecular weight excluding hydrogens is 422 g/mol. The molecule has 0 aliphatic heterocycles. The van der Waals surface area contributed by atoms with Gasteiger partial charge in [0.2, 0.25) is 0 Å². The maximum Gasteiger partial charge on any atom is 0.319 e. The van der Waals surface area contributed by atoms with Crippen molar-refractivity contribution in [2.75, 3.05) is 5.32 Å². The molecule has 0 aliphatic rings. The first-order valence-electron chi connectivity index (χ1n) is 10.4. The van der Waals surface area contributed by atoms with Crippen LogP contribution in [0.3, 0.4) is 0 Å². The minimum absolute atomic E-state index is 0.283. The molecule has 3 rings (SSSR count). The molecule has 0 aliphatic carbocycles. The van der Waals surface area contributed by atoms with E-state index in [4.69, 9.17) is 0 Å². The van der Waals surface area contributed by atoms with Crippen LogP contribution in [0.1, 0.15) is 34.7 Å². The third kappa shape index (κ3) is 5.06. The van der Waals surface area contributed by atoms with Crippen LogP contribution in [0.25, 0.3) is 11.1 Å². The van der Waals surface area contributed by atoms with Gasteiger partial charge in [0, 0.05) is 13.2 Å². The second-order valence-corrected chi connectivity index (χ2v) is 8.01. The van der Waals surface area contributed by atoms with Crippen molar-refractivity contribution in [2.24, 2.45) is 7.05 Å². The Bertz CT molecular complexity index is 1270. The number of nitrogens with one attached hydrogen (secondary N) is 2. The second kappa shape index (κ2) is 9.60. The van der Waals surface area contributed by atoms with Crippen LogP contribution in [0.15, 0.2) is 53.5 Å². The van der Waals surface area contributed by atoms with Crippen molar-refractivity contribution < 1.29 is 19.8 Å². The Morgan fingerprint density at radius 1 is 1.06 bits per heavy atom. The van der Waals surface area contributed by atoms with E-state index in [1.807, 2.05) is 57.2 Å². The zero-order chi connectivity index (χ0) is 24.3. The normalized spacial score (nSPS) is 11.6. The van der Waals surface area contributed by atoms with E-state index < -0.39 is 23.6 Å². The topological polar surface area (TPSA) is 121 Å². The molecule has 1 heterocycles. The first-order chi connectivity index (χ1) is 15.6. The number of carbonyl (C=O) groups is 2. The van der Waals surface area contributed by atoms with Gasteiger partial charge in [0.05, 0.1) is 12.5 Å². The fourth-order valence-electron chi connectivity index (χ4n) is 3.96. The van der Waals surface area contributed by atoms with Gasteiger partial charge in [0.25, 0.3) is 5.56 Å². The van der Waals surface area contributed by atoms with Gasteiger partial charge in [0.1, 0.15) is 5.75 Å². The highest BCUT2D eigenvalue weighted by atomic mass is 16.4. The molecule has 3 aromatic rings. The zero-order valence-corrected chi connectivity index (χ0v) is 19.0. The molecule has 0 bridgehead atoms. The van der Waals surface area contributed by atoms with Gasteiger partial charge >= 0.3 is 12.0 Å². The molecule has 0 fully saturated rings. The summed E-state index contributed by atoms with van der Waals surface area (Å²) in [6.07, 6.45) is 1.02. The Balaban J connectivity index is 2.03. The van der Waals surface area contributed by atoms with Crippen molar-refractivity contribution in [2.45, 2.75) is 33.2 Å². The van der Waals surface area contributed by atoms with Crippen LogP contribution in [-0.4, -0.2) is 26.8 Å². The standard InChI is InChI=1S/C25H27N3O5/c1-14-12-18(17-8-6-5-7-9-17)16(3)22(15(14)2)19(13-21(30)31)26-25(33)27-23-20(29)10-11-28(4)24(23)32/h5-12,19,29H,13H2,1-4H3,(H,30,31)(H2,26,27,33). The maximum atomic E-state index is 12.8. The second-order valence-electron chi connectivity index (χ2n) is 8.01. The maximum absolute atomic E-state index is 12.8. The number of anilines is 1. The molecular formula is C25H27N3O5. The van der Waals surface area contributed by atoms with Crippen LogP contribution >= 0.6 is 0 Å². The fraction of sp³-hybridized carbons (Fsp3) is 0.240. The lowest BCUT2D eigenvalue weighted by Gasteiger charge is -2.25. The van der Waals surface area contributed by atoms with Crippen LogP contribution in [0.4, 0.5) is 10.5 Å². The van der Waals surface area contributed by atoms with Gasteiger partial charge in [-0.2, -0.15) is 0 Å². The number of pyridine rings is 1. The molecule has 2 aromatic carbocycles. The van der Waals surface area contributed by atoms with E-state index in [1.54, 1.807) is 0 Å². The predicted octanol–water partition coefficient (Wildman–Crippen LogP) is 4.02. The largest absolute Gasteiger partial charge is 0.505 e. The zero-order valence-electron chi connectivity index (χ0n) is 19.0. The van der Waals surface area contributed by atoms with Crippen LogP contribution in [0.2, 0.25) is 0 Å². The van der Waals surface area contributed by atoms with Crippen LogP contribution < -0.4 is 16.2 Å². The van der Waals surface area contributed by atoms with Gasteiger partial charge in [-0.15, -0.1) is 0 Å². The van der Waals surface area contributed by atoms with Crippen molar-refractivity contribution >= 4 is 17.7 Å². The summed E-state index contributed by atoms with van der Waals surface area (Å²) in [5, 5.41) is 24.6. The number of urea groups is 1. The molecule has 0 radical (unpaired) electrons. The minimum Gasteiger partial charge on any atom is -0.505 e. The number of aryl methyl sites for hydroxylation is 2. The highest BCUT2D eigenvalue weighted by Gasteiger charge is 2.25. The Hall–Kier alpha value is -4.07. The number of carboxylic acid groups (broad SMARTS) is 1. The molecule has 33 heavy (non-hydrogen) atoms. The fourth-order valence-corrected chi connectivity index (χ4v) is 3.96. The van der Waals surface area contributed by atoms with Crippen molar-refractivity contribution in [3.8, 4) is 16.9 Å². The summed E-state index contributed by atoms with van der Waals surface area (Å²) in [4.78, 5) is 36.7. The lowest BCUT2D eigenvalue weighted by molar-refractivity contribution is -0.137. The number of rotatable bonds is 6. The van der Waals surface area contributed by atoms with E-state index in [0.29, 0.717) is 5.56 Å². The average Bonchev–Trinajstić information content (AvgIpc) is 2.76. The minimum atomic E-state index is -1.08. The van der Waals surface area contributed by atoms with E-state index >= 15 is 0 Å². The van der Waals surface area contributed by atoms with Crippen molar-refractivity contribution in [1.82, 2.24) is 9.88 Å². The first kappa shape index (κ1) is 23.6. The Kier molecular flexibility index (Phi) is 6.86. The SMILES string of the molecule is Cc1cc(-c2ccccc2)c(C)c(C(CC(=O)O)NC(=O)Nc2c(O)ccn(C)c2=O)c1C. The van der Waals surface area contributed by atoms with Gasteiger partial charge in [-0.05, 0) is 60.2 Å². The number of aromatic hydroxyl groups is 1. The van der Waals surface area contributed by atoms with Gasteiger partial charge in [-0.3, -0.25) is 9.59 Å². The first-order valence-corrected chi connectivity index (χ1v) is 10.4. The number of hydrogen-bond acceptors (Lipinski definition) is 4. The Morgan fingerprint density at radius 3 is 2.36 bits per heavy atom. The average molecular weight is 450 g/mol. The molecule has 0 saturated heterocycles. The number of aromatic nitrogens is 1. The van der Waals surface area contributed by atoms with Crippen molar-refractivity contribution in [3.63, 3.8) is 0 Å². The van der Waals surface area contributed by atoms with Crippen molar-refractivity contribution in [1.29, 1.82) is 0 Å². The summed E-state index contributed by atoms with van der Waals surface area (Å²) in [6, 6.07) is 11.4. The Labute approximate surface area is 191 Å². The third-order valence-electron chi connectivity index (χ3n) is 5.77. The molecule has 172 valence electrons. The molecule has 0 spiro atoms. The van der Waals surface area contributed by atoms with E-state index in [0.717, 1.165) is 27.8 Å². The van der Waals surface area contributed by atoms with Gasteiger partial charge in [-0.1, -0.05) is 36.4 Å². The summed E-state index contributed by atoms with van der Waals surface area (Å²) in [5.74, 6) is -1.46. The van der Waals surface area contributed by atoms with Crippen LogP contribution in [-0.2, 0) is 11.8 Å². The summed E-state index contributed by atoms with van der Waals surface area (Å²) in [6.45, 7) is 5.73. The molecule has 0 saturated carbocycles. The summed E-state index contributed by atoms with van der Waals surface area (Å²) in [7, 11) is 1.49. The van der Waals surface area contributed by atoms with E-state index in [-0.39, 0.29) is 17.9 Å². The monoisotopic (exact) mass is 449 g/mol. The predicted molar refractivity (Wildman–Crippen MR) is 127 cm³/mol. The molecule has 8 nitrogen and oxygen atoms in total. The van der Waals surface area contributed by atoms with Gasteiger partial charge in [-0.25, -0.2) is 4.79 Å². The molecule has 1 unspecified atom stereocenters. The Morgan fingerprint density at radius 2 is 1.73 bits per heavy atom. The number of carboxylic acids is 1. The van der Waals surface area contributed by atoms with E-state index in [1.165, 1.54) is 23.9 Å². The highest BCUT2D eigenvalue weighted by molar-refractivity contribution is 5.91. The van der Waals surface area contributed by atoms with E-state index in [2.05, 4.69) is 10.6 Å². The number of aliphatic carboxylic acids is 1. The lowest BCUT2D eigenvalue weighted by Crippen LogP contribution is -2.36. The third-order valence-corrected chi connectivity index (χ3v) is 5.77. The quantitative estimate of drug-likeness (QED) is 0.453. The number of hydrogen-bond donors (Lipinski definition) is 4. The molecule has 4 N–H and O–H groups in total. The molecule has 1 aromatic heterocycles. The number of nitrogens with zero attached hydrogens (tertiary/aromatic N) is 1. The van der Waals surface area contributed by atoms with Crippen molar-refractivity contribution in [3.05, 3.63) is 81.3 Å². The number of amides is 2. The van der Waals surface area contributed by atoms with E-state index in [9.17, 15) is 24.6 Å². The molecule has 2 amide bonds. The molecule has 1 atom stereocenters. The van der Waals surface area contributed by atoms with Crippen LogP contribution in [0, 0.1) is 20.8 Å². The van der Waals surface area contributed by atoms with Gasteiger partial charge in [0.15, 0.2) is 5.69 Å². The van der Waals surface area contributed by atoms with Crippen LogP contribution in [0.5, 0.6) is 5.75 Å². The number of benzene rings is 2.